The Morgan fingerprint density at radius 3 is 2.32 bits per heavy atom. The lowest BCUT2D eigenvalue weighted by molar-refractivity contribution is 0.0472. The number of carbonyl (C=O) groups excluding carboxylic acids is 1. The fraction of sp³-hybridized carbons (Fsp3) is 0.188. The highest BCUT2D eigenvalue weighted by Crippen LogP contribution is 2.17. The summed E-state index contributed by atoms with van der Waals surface area (Å²) < 4.78 is 28.6. The molecule has 4 nitrogen and oxygen atoms in total. The molecule has 2 aromatic rings. The molecule has 0 saturated heterocycles. The fourth-order valence-corrected chi connectivity index (χ4v) is 3.08. The van der Waals surface area contributed by atoms with Crippen LogP contribution in [0.1, 0.15) is 21.5 Å². The minimum atomic E-state index is -3.08. The van der Waals surface area contributed by atoms with Gasteiger partial charge in [0.1, 0.15) is 6.61 Å². The summed E-state index contributed by atoms with van der Waals surface area (Å²) in [6.07, 6.45) is 1.17. The molecule has 0 saturated carbocycles. The van der Waals surface area contributed by atoms with Crippen LogP contribution in [-0.4, -0.2) is 20.6 Å². The monoisotopic (exact) mass is 382 g/mol. The van der Waals surface area contributed by atoms with Gasteiger partial charge in [-0.1, -0.05) is 46.3 Å². The van der Waals surface area contributed by atoms with Gasteiger partial charge in [0.05, 0.1) is 11.3 Å². The zero-order chi connectivity index (χ0) is 16.2. The Balaban J connectivity index is 2.00. The van der Waals surface area contributed by atoms with Gasteiger partial charge in [-0.3, -0.25) is 0 Å². The fourth-order valence-electron chi connectivity index (χ4n) is 1.88. The first-order chi connectivity index (χ1) is 10.3. The van der Waals surface area contributed by atoms with Crippen molar-refractivity contribution < 1.29 is 17.9 Å². The van der Waals surface area contributed by atoms with Crippen LogP contribution in [0.3, 0.4) is 0 Å². The molecular formula is C16H15BrO4S. The number of rotatable bonds is 5. The summed E-state index contributed by atoms with van der Waals surface area (Å²) in [6.45, 7) is 0.172. The third kappa shape index (κ3) is 4.96. The predicted molar refractivity (Wildman–Crippen MR) is 88.3 cm³/mol. The minimum Gasteiger partial charge on any atom is -0.457 e. The van der Waals surface area contributed by atoms with Crippen molar-refractivity contribution in [2.24, 2.45) is 0 Å². The highest BCUT2D eigenvalue weighted by Gasteiger charge is 2.10. The molecule has 0 heterocycles. The Morgan fingerprint density at radius 2 is 1.73 bits per heavy atom. The zero-order valence-corrected chi connectivity index (χ0v) is 14.4. The molecule has 0 aliphatic heterocycles. The molecule has 0 N–H and O–H groups in total. The van der Waals surface area contributed by atoms with Crippen LogP contribution in [0.15, 0.2) is 53.0 Å². The van der Waals surface area contributed by atoms with E-state index in [0.717, 1.165) is 10.0 Å². The lowest BCUT2D eigenvalue weighted by Gasteiger charge is -2.07. The lowest BCUT2D eigenvalue weighted by Crippen LogP contribution is -2.06. The van der Waals surface area contributed by atoms with Gasteiger partial charge in [-0.15, -0.1) is 0 Å². The van der Waals surface area contributed by atoms with Crippen LogP contribution < -0.4 is 0 Å². The summed E-state index contributed by atoms with van der Waals surface area (Å²) in [4.78, 5) is 12.0. The van der Waals surface area contributed by atoms with Crippen molar-refractivity contribution in [2.75, 3.05) is 6.26 Å². The van der Waals surface area contributed by atoms with E-state index in [9.17, 15) is 13.2 Å². The smallest absolute Gasteiger partial charge is 0.338 e. The first-order valence-electron chi connectivity index (χ1n) is 6.52. The first-order valence-corrected chi connectivity index (χ1v) is 9.38. The van der Waals surface area contributed by atoms with Crippen molar-refractivity contribution in [1.29, 1.82) is 0 Å². The van der Waals surface area contributed by atoms with Gasteiger partial charge in [0.2, 0.25) is 0 Å². The van der Waals surface area contributed by atoms with Gasteiger partial charge in [-0.05, 0) is 23.8 Å². The van der Waals surface area contributed by atoms with Gasteiger partial charge in [-0.2, -0.15) is 0 Å². The van der Waals surface area contributed by atoms with Gasteiger partial charge in [0, 0.05) is 16.3 Å². The van der Waals surface area contributed by atoms with E-state index in [1.165, 1.54) is 6.26 Å². The highest BCUT2D eigenvalue weighted by molar-refractivity contribution is 9.10. The molecule has 22 heavy (non-hydrogen) atoms. The number of sulfone groups is 1. The molecule has 116 valence electrons. The van der Waals surface area contributed by atoms with Crippen molar-refractivity contribution in [2.45, 2.75) is 12.4 Å². The molecule has 6 heteroatoms. The standard InChI is InChI=1S/C16H15BrO4S/c1-22(19,20)11-12-6-8-13(9-7-12)16(18)21-10-14-4-2-3-5-15(14)17/h2-9H,10-11H2,1H3. The number of hydrogen-bond donors (Lipinski definition) is 0. The van der Waals surface area contributed by atoms with Crippen molar-refractivity contribution in [3.63, 3.8) is 0 Å². The highest BCUT2D eigenvalue weighted by atomic mass is 79.9. The van der Waals surface area contributed by atoms with Gasteiger partial charge in [0.15, 0.2) is 9.84 Å². The molecule has 0 aromatic heterocycles. The van der Waals surface area contributed by atoms with E-state index in [4.69, 9.17) is 4.74 Å². The number of ether oxygens (including phenoxy) is 1. The quantitative estimate of drug-likeness (QED) is 0.743. The van der Waals surface area contributed by atoms with Gasteiger partial charge >= 0.3 is 5.97 Å². The van der Waals surface area contributed by atoms with Crippen LogP contribution in [0.2, 0.25) is 0 Å². The van der Waals surface area contributed by atoms with Crippen LogP contribution in [0, 0.1) is 0 Å². The second kappa shape index (κ2) is 7.07. The van der Waals surface area contributed by atoms with Gasteiger partial charge in [0.25, 0.3) is 0 Å². The average Bonchev–Trinajstić information content (AvgIpc) is 2.45. The lowest BCUT2D eigenvalue weighted by atomic mass is 10.1. The molecule has 0 aliphatic carbocycles. The molecule has 2 rings (SSSR count). The number of benzene rings is 2. The second-order valence-corrected chi connectivity index (χ2v) is 7.93. The number of carbonyl (C=O) groups is 1. The van der Waals surface area contributed by atoms with Crippen molar-refractivity contribution in [3.05, 3.63) is 69.7 Å². The number of halogens is 1. The maximum Gasteiger partial charge on any atom is 0.338 e. The van der Waals surface area contributed by atoms with E-state index in [0.29, 0.717) is 11.1 Å². The molecule has 0 fully saturated rings. The van der Waals surface area contributed by atoms with Crippen LogP contribution in [0.5, 0.6) is 0 Å². The van der Waals surface area contributed by atoms with Crippen LogP contribution >= 0.6 is 15.9 Å². The average molecular weight is 383 g/mol. The molecule has 0 amide bonds. The van der Waals surface area contributed by atoms with E-state index in [1.54, 1.807) is 24.3 Å². The third-order valence-electron chi connectivity index (χ3n) is 2.94. The maximum absolute atomic E-state index is 12.0. The van der Waals surface area contributed by atoms with E-state index in [2.05, 4.69) is 15.9 Å². The molecule has 0 bridgehead atoms. The Labute approximate surface area is 138 Å². The molecule has 0 aliphatic rings. The van der Waals surface area contributed by atoms with E-state index < -0.39 is 15.8 Å². The summed E-state index contributed by atoms with van der Waals surface area (Å²) in [5.41, 5.74) is 1.92. The molecule has 0 unspecified atom stereocenters. The predicted octanol–water partition coefficient (Wildman–Crippen LogP) is 3.35. The van der Waals surface area contributed by atoms with Crippen molar-refractivity contribution in [1.82, 2.24) is 0 Å². The summed E-state index contributed by atoms with van der Waals surface area (Å²) in [7, 11) is -3.08. The minimum absolute atomic E-state index is 0.0424. The van der Waals surface area contributed by atoms with Crippen molar-refractivity contribution >= 4 is 31.7 Å². The van der Waals surface area contributed by atoms with E-state index in [1.807, 2.05) is 24.3 Å². The van der Waals surface area contributed by atoms with Gasteiger partial charge < -0.3 is 4.74 Å². The Morgan fingerprint density at radius 1 is 1.09 bits per heavy atom. The third-order valence-corrected chi connectivity index (χ3v) is 4.57. The van der Waals surface area contributed by atoms with Crippen molar-refractivity contribution in [3.8, 4) is 0 Å². The maximum atomic E-state index is 12.0. The normalized spacial score (nSPS) is 11.2. The van der Waals surface area contributed by atoms with Crippen LogP contribution in [0.25, 0.3) is 0 Å². The Kier molecular flexibility index (Phi) is 5.37. The molecule has 2 aromatic carbocycles. The Hall–Kier alpha value is -1.66. The van der Waals surface area contributed by atoms with Crippen LogP contribution in [-0.2, 0) is 26.9 Å². The number of hydrogen-bond acceptors (Lipinski definition) is 4. The second-order valence-electron chi connectivity index (χ2n) is 4.93. The van der Waals surface area contributed by atoms with E-state index >= 15 is 0 Å². The van der Waals surface area contributed by atoms with E-state index in [-0.39, 0.29) is 12.4 Å². The molecule has 0 radical (unpaired) electrons. The zero-order valence-electron chi connectivity index (χ0n) is 12.0. The SMILES string of the molecule is CS(=O)(=O)Cc1ccc(C(=O)OCc2ccccc2Br)cc1. The molecule has 0 atom stereocenters. The summed E-state index contributed by atoms with van der Waals surface area (Å²) in [6, 6.07) is 13.9. The summed E-state index contributed by atoms with van der Waals surface area (Å²) >= 11 is 3.39. The molecular weight excluding hydrogens is 368 g/mol. The van der Waals surface area contributed by atoms with Gasteiger partial charge in [-0.25, -0.2) is 13.2 Å². The summed E-state index contributed by atoms with van der Waals surface area (Å²) in [5.74, 6) is -0.485. The summed E-state index contributed by atoms with van der Waals surface area (Å²) in [5, 5.41) is 0. The largest absolute Gasteiger partial charge is 0.457 e. The molecule has 0 spiro atoms. The topological polar surface area (TPSA) is 60.4 Å². The Bertz CT molecular complexity index is 767. The van der Waals surface area contributed by atoms with Crippen LogP contribution in [0.4, 0.5) is 0 Å². The first kappa shape index (κ1) is 16.7. The number of esters is 1.